The molecule has 22 nitrogen and oxygen atoms in total. The van der Waals surface area contributed by atoms with Crippen molar-refractivity contribution in [2.75, 3.05) is 52.7 Å². The first kappa shape index (κ1) is 75.0. The molecule has 0 saturated carbocycles. The lowest BCUT2D eigenvalue weighted by Gasteiger charge is -2.39. The number of epoxide rings is 1. The van der Waals surface area contributed by atoms with Crippen molar-refractivity contribution in [1.29, 1.82) is 0 Å². The Hall–Kier alpha value is -6.04. The number of rotatable bonds is 27. The minimum Gasteiger partial charge on any atom is -0.461 e. The molecule has 450 valence electrons. The van der Waals surface area contributed by atoms with Gasteiger partial charge in [-0.1, -0.05) is 83.4 Å². The molecule has 1 aromatic carbocycles. The summed E-state index contributed by atoms with van der Waals surface area (Å²) in [4.78, 5) is 87.0. The van der Waals surface area contributed by atoms with Crippen molar-refractivity contribution in [2.24, 2.45) is 17.4 Å². The number of nitrogens with one attached hydrogen (secondary N) is 7. The van der Waals surface area contributed by atoms with Crippen molar-refractivity contribution in [3.05, 3.63) is 65.8 Å². The molecule has 3 aliphatic heterocycles. The van der Waals surface area contributed by atoms with E-state index in [4.69, 9.17) is 34.2 Å². The fraction of sp³-hybridized carbons (Fsp3) is 0.649. The first-order chi connectivity index (χ1) is 38.0. The van der Waals surface area contributed by atoms with Gasteiger partial charge in [-0.3, -0.25) is 29.4 Å². The lowest BCUT2D eigenvalue weighted by molar-refractivity contribution is -0.131. The Morgan fingerprint density at radius 2 is 1.58 bits per heavy atom. The van der Waals surface area contributed by atoms with Gasteiger partial charge in [0.25, 0.3) is 6.47 Å². The molecule has 0 radical (unpaired) electrons. The fourth-order valence-corrected chi connectivity index (χ4v) is 7.67. The third-order valence-corrected chi connectivity index (χ3v) is 12.0. The van der Waals surface area contributed by atoms with Crippen LogP contribution in [0.25, 0.3) is 0 Å². The van der Waals surface area contributed by atoms with Gasteiger partial charge in [-0.25, -0.2) is 10.2 Å². The lowest BCUT2D eigenvalue weighted by atomic mass is 9.88. The number of allylic oxidation sites excluding steroid dienone is 2. The summed E-state index contributed by atoms with van der Waals surface area (Å²) in [6, 6.07) is 7.37. The number of amides is 5. The highest BCUT2D eigenvalue weighted by Crippen LogP contribution is 2.43. The maximum absolute atomic E-state index is 12.6. The van der Waals surface area contributed by atoms with E-state index in [0.29, 0.717) is 45.2 Å². The normalized spacial score (nSPS) is 21.4. The number of benzene rings is 1. The average Bonchev–Trinajstić information content (AvgIpc) is 4.22. The summed E-state index contributed by atoms with van der Waals surface area (Å²) < 4.78 is 28.2. The second-order valence-corrected chi connectivity index (χ2v) is 18.8. The molecule has 1 aromatic rings. The molecule has 79 heavy (non-hydrogen) atoms. The second kappa shape index (κ2) is 47.9. The molecule has 1 spiro atoms. The largest absolute Gasteiger partial charge is 0.461 e. The monoisotopic (exact) mass is 1120 g/mol. The van der Waals surface area contributed by atoms with Crippen LogP contribution in [0.5, 0.6) is 0 Å². The Bertz CT molecular complexity index is 1920. The van der Waals surface area contributed by atoms with Gasteiger partial charge in [0.05, 0.1) is 61.7 Å². The summed E-state index contributed by atoms with van der Waals surface area (Å²) in [5.74, 6) is -0.466. The van der Waals surface area contributed by atoms with Gasteiger partial charge in [0, 0.05) is 38.1 Å². The molecule has 22 heteroatoms. The van der Waals surface area contributed by atoms with Gasteiger partial charge in [-0.2, -0.15) is 0 Å². The number of hydrogen-bond donors (Lipinski definition) is 9. The number of likely N-dealkylation sites (N-methyl/N-ethyl adjacent to an activating group) is 1. The van der Waals surface area contributed by atoms with Crippen LogP contribution in [0.2, 0.25) is 0 Å². The molecular formula is C57H99N9O13. The Balaban J connectivity index is 0. The predicted molar refractivity (Wildman–Crippen MR) is 308 cm³/mol. The van der Waals surface area contributed by atoms with Gasteiger partial charge in [0.15, 0.2) is 0 Å². The van der Waals surface area contributed by atoms with Crippen molar-refractivity contribution in [2.45, 2.75) is 187 Å². The van der Waals surface area contributed by atoms with Gasteiger partial charge >= 0.3 is 6.09 Å². The van der Waals surface area contributed by atoms with Crippen LogP contribution in [0.15, 0.2) is 60.2 Å². The lowest BCUT2D eigenvalue weighted by Crippen LogP contribution is -2.50. The van der Waals surface area contributed by atoms with Crippen LogP contribution >= 0.6 is 0 Å². The third kappa shape index (κ3) is 38.2. The first-order valence-corrected chi connectivity index (χ1v) is 27.6. The maximum Gasteiger partial charge on any atom is 0.426 e. The van der Waals surface area contributed by atoms with Crippen LogP contribution < -0.4 is 48.9 Å². The van der Waals surface area contributed by atoms with E-state index in [1.807, 2.05) is 78.2 Å². The maximum atomic E-state index is 12.6. The number of unbranched alkanes of at least 4 members (excludes halogenated alkanes) is 2. The van der Waals surface area contributed by atoms with Crippen molar-refractivity contribution in [3.63, 3.8) is 0 Å². The SMILES string of the molecule is CC.CCC.CNCCCC(C=O)NC.CNc1ccc(COC(=O)NNC(=O)C[C@@H]2CC3(CO3)CC(/C=C/C(C)=C/CC3OC(C)C(NC(=O)/C=C\C(C)OC=O)CC3C)O2)cc1.NC=O.NCCCCCC(=O)NCC=O. The minimum absolute atomic E-state index is 0.01000. The molecule has 9 atom stereocenters. The number of hydrogen-bond acceptors (Lipinski definition) is 17. The fourth-order valence-electron chi connectivity index (χ4n) is 7.67. The Morgan fingerprint density at radius 3 is 2.15 bits per heavy atom. The molecule has 3 heterocycles. The molecule has 0 aromatic heterocycles. The van der Waals surface area contributed by atoms with Gasteiger partial charge in [0.1, 0.15) is 25.3 Å². The number of hydrazine groups is 1. The third-order valence-electron chi connectivity index (χ3n) is 12.0. The number of aldehydes is 2. The van der Waals surface area contributed by atoms with Crippen LogP contribution in [0.1, 0.15) is 138 Å². The van der Waals surface area contributed by atoms with E-state index in [9.17, 15) is 33.6 Å². The van der Waals surface area contributed by atoms with Crippen molar-refractivity contribution in [3.8, 4) is 0 Å². The molecule has 4 rings (SSSR count). The quantitative estimate of drug-likeness (QED) is 0.0138. The number of anilines is 1. The zero-order valence-electron chi connectivity index (χ0n) is 49.1. The van der Waals surface area contributed by atoms with Crippen molar-refractivity contribution < 1.29 is 62.0 Å². The average molecular weight is 1120 g/mol. The molecule has 0 aliphatic carbocycles. The van der Waals surface area contributed by atoms with E-state index < -0.39 is 12.2 Å². The summed E-state index contributed by atoms with van der Waals surface area (Å²) in [6.07, 6.45) is 18.4. The summed E-state index contributed by atoms with van der Waals surface area (Å²) in [6.45, 7) is 18.9. The molecule has 5 amide bonds. The van der Waals surface area contributed by atoms with E-state index in [1.54, 1.807) is 14.0 Å². The highest BCUT2D eigenvalue weighted by atomic mass is 16.6. The zero-order chi connectivity index (χ0) is 59.9. The van der Waals surface area contributed by atoms with E-state index >= 15 is 0 Å². The second-order valence-electron chi connectivity index (χ2n) is 18.8. The summed E-state index contributed by atoms with van der Waals surface area (Å²) in [5.41, 5.74) is 16.7. The highest BCUT2D eigenvalue weighted by Gasteiger charge is 2.51. The minimum atomic E-state index is -0.753. The van der Waals surface area contributed by atoms with Crippen LogP contribution in [0.4, 0.5) is 10.5 Å². The van der Waals surface area contributed by atoms with Gasteiger partial charge < -0.3 is 71.3 Å². The van der Waals surface area contributed by atoms with Crippen LogP contribution in [0.3, 0.4) is 0 Å². The highest BCUT2D eigenvalue weighted by molar-refractivity contribution is 5.87. The molecular weight excluding hydrogens is 1020 g/mol. The molecule has 8 unspecified atom stereocenters. The number of carbonyl (C=O) groups excluding carboxylic acids is 8. The van der Waals surface area contributed by atoms with E-state index in [2.05, 4.69) is 70.0 Å². The summed E-state index contributed by atoms with van der Waals surface area (Å²) in [7, 11) is 5.54. The molecule has 0 bridgehead atoms. The van der Waals surface area contributed by atoms with Crippen molar-refractivity contribution >= 4 is 55.0 Å². The van der Waals surface area contributed by atoms with E-state index in [0.717, 1.165) is 74.6 Å². The molecule has 11 N–H and O–H groups in total. The van der Waals surface area contributed by atoms with Gasteiger partial charge in [-0.15, -0.1) is 0 Å². The Morgan fingerprint density at radius 1 is 0.911 bits per heavy atom. The zero-order valence-corrected chi connectivity index (χ0v) is 49.1. The molecule has 3 saturated heterocycles. The number of ether oxygens (including phenoxy) is 5. The first-order valence-electron chi connectivity index (χ1n) is 27.6. The smallest absolute Gasteiger partial charge is 0.426 e. The van der Waals surface area contributed by atoms with Crippen LogP contribution in [-0.4, -0.2) is 145 Å². The summed E-state index contributed by atoms with van der Waals surface area (Å²) >= 11 is 0. The van der Waals surface area contributed by atoms with Crippen LogP contribution in [0, 0.1) is 5.92 Å². The molecule has 3 aliphatic rings. The standard InChI is InChI=1S/C36H50N4O9.C8H16N2O2.C7H16N2O.C3H8.C2H6.CH3NO/c1-23(7-14-32-24(2)16-31(26(4)48-32)38-33(42)15-8-25(3)46-22-41)6-13-29-18-36(21-47-36)19-30(49-29)17-34(43)39-40-35(44)45-20-27-9-11-28(37-5)12-10-27;9-5-3-1-2-4-8(12)10-6-7-11;1-8-5-3-4-7(6-10)9-2;1-3-2;1-2;2-1-3/h6-13,15,22,24-26,29-32,37H,14,16-21H2,1-5H3,(H,38,42)(H,39,43)(H,40,44);7H,1-6,9H2,(H,10,12);6-9H,3-5H2,1-2H3;3H2,1-2H3;1-2H3;1H,(H2,2,3)/b13-6+,15-8-,23-7+;;;;;/t24?,25?,26?,29?,30-,31?,32?,36?;;;;;/m1...../s1. The number of primary amides is 1. The van der Waals surface area contributed by atoms with E-state index in [-0.39, 0.29) is 91.7 Å². The van der Waals surface area contributed by atoms with Gasteiger partial charge in [-0.05, 0) is 116 Å². The molecule has 3 fully saturated rings. The summed E-state index contributed by atoms with van der Waals surface area (Å²) in [5, 5.41) is 14.4. The number of nitrogens with two attached hydrogens (primary N) is 2. The topological polar surface area (TPSA) is 322 Å². The van der Waals surface area contributed by atoms with E-state index in [1.165, 1.54) is 18.6 Å². The number of carbonyl (C=O) groups is 8. The Labute approximate surface area is 470 Å². The Kier molecular flexibility index (Phi) is 45.5. The predicted octanol–water partition coefficient (Wildman–Crippen LogP) is 5.14. The van der Waals surface area contributed by atoms with Crippen LogP contribution in [-0.2, 0) is 63.9 Å². The van der Waals surface area contributed by atoms with Crippen molar-refractivity contribution in [1.82, 2.24) is 32.1 Å². The van der Waals surface area contributed by atoms with Gasteiger partial charge in [0.2, 0.25) is 24.1 Å².